The molecule has 1 aromatic rings. The fourth-order valence-electron chi connectivity index (χ4n) is 3.89. The average Bonchev–Trinajstić information content (AvgIpc) is 2.70. The Morgan fingerprint density at radius 2 is 1.73 bits per heavy atom. The third-order valence-corrected chi connectivity index (χ3v) is 5.80. The normalized spacial score (nSPS) is 19.7. The van der Waals surface area contributed by atoms with Gasteiger partial charge in [-0.3, -0.25) is 9.59 Å². The largest absolute Gasteiger partial charge is 0.469 e. The molecule has 2 atom stereocenters. The number of nitrogens with two attached hydrogens (primary N) is 1. The SMILES string of the molecule is COC(=O)C1CC(Cc2ccc(CO[C@H](C)C(CCC(N)=O)NC(=O)OC(C)(C)C)cc2)C1. The smallest absolute Gasteiger partial charge is 0.407 e. The molecule has 1 unspecified atom stereocenters. The van der Waals surface area contributed by atoms with Crippen molar-refractivity contribution in [2.75, 3.05) is 7.11 Å². The van der Waals surface area contributed by atoms with Gasteiger partial charge in [0.2, 0.25) is 5.91 Å². The summed E-state index contributed by atoms with van der Waals surface area (Å²) in [4.78, 5) is 34.9. The molecule has 2 amide bonds. The van der Waals surface area contributed by atoms with Gasteiger partial charge in [0.25, 0.3) is 0 Å². The molecular formula is C25H38N2O6. The van der Waals surface area contributed by atoms with Crippen LogP contribution in [0.3, 0.4) is 0 Å². The number of primary amides is 1. The molecule has 8 heteroatoms. The molecule has 1 saturated carbocycles. The van der Waals surface area contributed by atoms with Gasteiger partial charge in [-0.15, -0.1) is 0 Å². The number of nitrogens with one attached hydrogen (secondary N) is 1. The fourth-order valence-corrected chi connectivity index (χ4v) is 3.89. The first-order valence-electron chi connectivity index (χ1n) is 11.5. The number of esters is 1. The Morgan fingerprint density at radius 1 is 1.12 bits per heavy atom. The van der Waals surface area contributed by atoms with Crippen molar-refractivity contribution in [2.45, 2.75) is 84.2 Å². The number of ether oxygens (including phenoxy) is 3. The number of amides is 2. The van der Waals surface area contributed by atoms with Crippen LogP contribution < -0.4 is 11.1 Å². The molecule has 0 saturated heterocycles. The van der Waals surface area contributed by atoms with Gasteiger partial charge in [-0.2, -0.15) is 0 Å². The van der Waals surface area contributed by atoms with E-state index in [1.807, 2.05) is 19.1 Å². The van der Waals surface area contributed by atoms with Crippen LogP contribution in [-0.2, 0) is 36.8 Å². The summed E-state index contributed by atoms with van der Waals surface area (Å²) in [7, 11) is 1.44. The molecule has 0 bridgehead atoms. The van der Waals surface area contributed by atoms with Crippen molar-refractivity contribution in [1.29, 1.82) is 0 Å². The first-order chi connectivity index (χ1) is 15.5. The van der Waals surface area contributed by atoms with Crippen LogP contribution in [0.25, 0.3) is 0 Å². The van der Waals surface area contributed by atoms with Crippen LogP contribution in [0.5, 0.6) is 0 Å². The number of carbonyl (C=O) groups excluding carboxylic acids is 3. The van der Waals surface area contributed by atoms with Crippen molar-refractivity contribution in [3.8, 4) is 0 Å². The predicted molar refractivity (Wildman–Crippen MR) is 124 cm³/mol. The maximum Gasteiger partial charge on any atom is 0.407 e. The van der Waals surface area contributed by atoms with Gasteiger partial charge in [0.05, 0.1) is 31.8 Å². The van der Waals surface area contributed by atoms with E-state index < -0.39 is 23.6 Å². The van der Waals surface area contributed by atoms with Crippen molar-refractivity contribution in [2.24, 2.45) is 17.6 Å². The summed E-state index contributed by atoms with van der Waals surface area (Å²) in [5, 5.41) is 2.80. The minimum absolute atomic E-state index is 0.0472. The zero-order chi connectivity index (χ0) is 24.6. The molecule has 1 fully saturated rings. The zero-order valence-electron chi connectivity index (χ0n) is 20.4. The van der Waals surface area contributed by atoms with Crippen LogP contribution in [0, 0.1) is 11.8 Å². The van der Waals surface area contributed by atoms with Gasteiger partial charge in [-0.25, -0.2) is 4.79 Å². The van der Waals surface area contributed by atoms with Crippen molar-refractivity contribution in [3.05, 3.63) is 35.4 Å². The summed E-state index contributed by atoms with van der Waals surface area (Å²) >= 11 is 0. The molecule has 0 aliphatic heterocycles. The van der Waals surface area contributed by atoms with Crippen LogP contribution >= 0.6 is 0 Å². The summed E-state index contributed by atoms with van der Waals surface area (Å²) in [5.74, 6) is 0.0217. The average molecular weight is 463 g/mol. The second-order valence-electron chi connectivity index (χ2n) is 9.85. The fraction of sp³-hybridized carbons (Fsp3) is 0.640. The molecule has 0 spiro atoms. The van der Waals surface area contributed by atoms with E-state index in [1.165, 1.54) is 12.7 Å². The zero-order valence-corrected chi connectivity index (χ0v) is 20.4. The quantitative estimate of drug-likeness (QED) is 0.486. The highest BCUT2D eigenvalue weighted by atomic mass is 16.6. The third kappa shape index (κ3) is 9.42. The summed E-state index contributed by atoms with van der Waals surface area (Å²) in [5.41, 5.74) is 6.90. The van der Waals surface area contributed by atoms with Gasteiger partial charge in [0.1, 0.15) is 5.60 Å². The highest BCUT2D eigenvalue weighted by Crippen LogP contribution is 2.36. The van der Waals surface area contributed by atoms with Crippen LogP contribution in [0.15, 0.2) is 24.3 Å². The minimum atomic E-state index is -0.621. The number of alkyl carbamates (subject to hydrolysis) is 1. The van der Waals surface area contributed by atoms with Crippen molar-refractivity contribution >= 4 is 18.0 Å². The van der Waals surface area contributed by atoms with Gasteiger partial charge < -0.3 is 25.3 Å². The number of hydrogen-bond donors (Lipinski definition) is 2. The first kappa shape index (κ1) is 26.6. The standard InChI is InChI=1S/C25H38N2O6/c1-16(21(10-11-22(26)28)27-24(30)33-25(2,3)4)32-15-18-8-6-17(7-9-18)12-19-13-20(14-19)23(29)31-5/h6-9,16,19-21H,10-15H2,1-5H3,(H2,26,28)(H,27,30)/t16-,19?,20?,21?/m1/s1. The van der Waals surface area contributed by atoms with E-state index in [2.05, 4.69) is 17.4 Å². The van der Waals surface area contributed by atoms with Crippen LogP contribution in [0.4, 0.5) is 4.79 Å². The summed E-state index contributed by atoms with van der Waals surface area (Å²) in [6, 6.07) is 7.81. The Labute approximate surface area is 196 Å². The van der Waals surface area contributed by atoms with Crippen LogP contribution in [0.2, 0.25) is 0 Å². The molecule has 2 rings (SSSR count). The van der Waals surface area contributed by atoms with E-state index in [0.29, 0.717) is 18.9 Å². The third-order valence-electron chi connectivity index (χ3n) is 5.80. The van der Waals surface area contributed by atoms with Gasteiger partial charge >= 0.3 is 12.1 Å². The lowest BCUT2D eigenvalue weighted by molar-refractivity contribution is -0.150. The highest BCUT2D eigenvalue weighted by Gasteiger charge is 2.35. The van der Waals surface area contributed by atoms with E-state index in [4.69, 9.17) is 19.9 Å². The topological polar surface area (TPSA) is 117 Å². The number of rotatable bonds is 11. The molecule has 3 N–H and O–H groups in total. The van der Waals surface area contributed by atoms with E-state index in [0.717, 1.165) is 24.8 Å². The second-order valence-corrected chi connectivity index (χ2v) is 9.85. The van der Waals surface area contributed by atoms with Gasteiger partial charge in [0.15, 0.2) is 0 Å². The van der Waals surface area contributed by atoms with E-state index in [9.17, 15) is 14.4 Å². The number of methoxy groups -OCH3 is 1. The van der Waals surface area contributed by atoms with E-state index in [1.54, 1.807) is 20.8 Å². The second kappa shape index (κ2) is 12.0. The molecule has 0 heterocycles. The lowest BCUT2D eigenvalue weighted by atomic mass is 9.72. The summed E-state index contributed by atoms with van der Waals surface area (Å²) in [6.07, 6.45) is 2.31. The molecule has 0 aromatic heterocycles. The van der Waals surface area contributed by atoms with Gasteiger partial charge in [-0.05, 0) is 70.4 Å². The summed E-state index contributed by atoms with van der Waals surface area (Å²) in [6.45, 7) is 7.59. The Kier molecular flexibility index (Phi) is 9.70. The molecule has 1 aliphatic rings. The highest BCUT2D eigenvalue weighted by molar-refractivity contribution is 5.74. The Bertz CT molecular complexity index is 796. The number of hydrogen-bond acceptors (Lipinski definition) is 6. The lowest BCUT2D eigenvalue weighted by Gasteiger charge is -2.33. The maximum absolute atomic E-state index is 12.2. The molecule has 8 nitrogen and oxygen atoms in total. The number of benzene rings is 1. The van der Waals surface area contributed by atoms with Crippen molar-refractivity contribution < 1.29 is 28.6 Å². The van der Waals surface area contributed by atoms with Crippen molar-refractivity contribution in [1.82, 2.24) is 5.32 Å². The van der Waals surface area contributed by atoms with Gasteiger partial charge in [-0.1, -0.05) is 24.3 Å². The van der Waals surface area contributed by atoms with E-state index >= 15 is 0 Å². The van der Waals surface area contributed by atoms with E-state index in [-0.39, 0.29) is 24.4 Å². The molecule has 33 heavy (non-hydrogen) atoms. The lowest BCUT2D eigenvalue weighted by Crippen LogP contribution is -2.45. The Morgan fingerprint density at radius 3 is 2.27 bits per heavy atom. The molecule has 1 aromatic carbocycles. The Hall–Kier alpha value is -2.61. The summed E-state index contributed by atoms with van der Waals surface area (Å²) < 4.78 is 16.1. The minimum Gasteiger partial charge on any atom is -0.469 e. The molecule has 1 aliphatic carbocycles. The maximum atomic E-state index is 12.2. The predicted octanol–water partition coefficient (Wildman–Crippen LogP) is 3.49. The molecular weight excluding hydrogens is 424 g/mol. The number of carbonyl (C=O) groups is 3. The Balaban J connectivity index is 1.84. The molecule has 0 radical (unpaired) electrons. The monoisotopic (exact) mass is 462 g/mol. The molecule has 184 valence electrons. The van der Waals surface area contributed by atoms with Gasteiger partial charge in [0, 0.05) is 6.42 Å². The van der Waals surface area contributed by atoms with Crippen molar-refractivity contribution in [3.63, 3.8) is 0 Å². The first-order valence-corrected chi connectivity index (χ1v) is 11.5. The van der Waals surface area contributed by atoms with Crippen LogP contribution in [0.1, 0.15) is 64.5 Å². The van der Waals surface area contributed by atoms with Crippen LogP contribution in [-0.4, -0.2) is 42.8 Å².